The number of guanidine groups is 1. The summed E-state index contributed by atoms with van der Waals surface area (Å²) < 4.78 is 6.68. The summed E-state index contributed by atoms with van der Waals surface area (Å²) in [4.78, 5) is 4.43. The molecule has 0 aliphatic rings. The normalized spacial score (nSPS) is 14.8. The monoisotopic (exact) mass is 297 g/mol. The Labute approximate surface area is 126 Å². The summed E-state index contributed by atoms with van der Waals surface area (Å²) >= 11 is 0. The lowest BCUT2D eigenvalue weighted by molar-refractivity contribution is 0.0671. The molecule has 1 rings (SSSR count). The molecule has 1 aromatic heterocycles. The van der Waals surface area contributed by atoms with Gasteiger partial charge in [0.05, 0.1) is 12.7 Å². The molecule has 0 bridgehead atoms. The van der Waals surface area contributed by atoms with Crippen LogP contribution in [0, 0.1) is 0 Å². The fourth-order valence-electron chi connectivity index (χ4n) is 1.79. The smallest absolute Gasteiger partial charge is 0.191 e. The van der Waals surface area contributed by atoms with E-state index in [4.69, 9.17) is 4.74 Å². The zero-order chi connectivity index (χ0) is 15.7. The zero-order valence-corrected chi connectivity index (χ0v) is 13.4. The van der Waals surface area contributed by atoms with E-state index in [1.54, 1.807) is 31.1 Å². The van der Waals surface area contributed by atoms with Crippen LogP contribution in [0.4, 0.5) is 0 Å². The molecule has 7 nitrogen and oxygen atoms in total. The largest absolute Gasteiger partial charge is 0.385 e. The number of aliphatic imine (C=N–C) groups is 1. The Bertz CT molecular complexity index is 442. The van der Waals surface area contributed by atoms with E-state index in [0.717, 1.165) is 25.1 Å². The molecule has 7 heteroatoms. The van der Waals surface area contributed by atoms with Gasteiger partial charge in [-0.3, -0.25) is 4.68 Å². The van der Waals surface area contributed by atoms with Gasteiger partial charge < -0.3 is 20.5 Å². The van der Waals surface area contributed by atoms with Crippen molar-refractivity contribution in [2.45, 2.75) is 25.9 Å². The number of hydrogen-bond acceptors (Lipinski definition) is 4. The lowest BCUT2D eigenvalue weighted by Crippen LogP contribution is -2.39. The van der Waals surface area contributed by atoms with Crippen molar-refractivity contribution in [1.82, 2.24) is 20.4 Å². The van der Waals surface area contributed by atoms with Crippen LogP contribution in [0.5, 0.6) is 0 Å². The van der Waals surface area contributed by atoms with E-state index in [-0.39, 0.29) is 6.54 Å². The Morgan fingerprint density at radius 3 is 2.86 bits per heavy atom. The van der Waals surface area contributed by atoms with E-state index < -0.39 is 5.60 Å². The van der Waals surface area contributed by atoms with E-state index >= 15 is 0 Å². The third-order valence-corrected chi connectivity index (χ3v) is 3.03. The summed E-state index contributed by atoms with van der Waals surface area (Å²) in [6.07, 6.45) is 4.36. The average Bonchev–Trinajstić information content (AvgIpc) is 2.88. The fourth-order valence-corrected chi connectivity index (χ4v) is 1.79. The highest BCUT2D eigenvalue weighted by Crippen LogP contribution is 2.19. The van der Waals surface area contributed by atoms with Gasteiger partial charge in [-0.1, -0.05) is 0 Å². The van der Waals surface area contributed by atoms with Gasteiger partial charge in [-0.05, 0) is 20.3 Å². The van der Waals surface area contributed by atoms with Crippen molar-refractivity contribution in [1.29, 1.82) is 0 Å². The molecule has 1 heterocycles. The Hall–Kier alpha value is -1.60. The molecule has 0 spiro atoms. The summed E-state index contributed by atoms with van der Waals surface area (Å²) in [5, 5.41) is 20.9. The van der Waals surface area contributed by atoms with Gasteiger partial charge in [0.1, 0.15) is 5.60 Å². The second-order valence-electron chi connectivity index (χ2n) is 5.14. The summed E-state index contributed by atoms with van der Waals surface area (Å²) in [7, 11) is 3.51. The summed E-state index contributed by atoms with van der Waals surface area (Å²) in [5.74, 6) is 0.692. The van der Waals surface area contributed by atoms with Crippen molar-refractivity contribution < 1.29 is 9.84 Å². The number of hydrogen-bond donors (Lipinski definition) is 3. The molecule has 0 radical (unpaired) electrons. The van der Waals surface area contributed by atoms with Crippen LogP contribution < -0.4 is 10.6 Å². The topological polar surface area (TPSA) is 83.7 Å². The molecule has 0 aromatic carbocycles. The number of rotatable bonds is 8. The number of ether oxygens (including phenoxy) is 1. The highest BCUT2D eigenvalue weighted by atomic mass is 16.5. The van der Waals surface area contributed by atoms with Crippen LogP contribution in [0.2, 0.25) is 0 Å². The molecule has 0 amide bonds. The van der Waals surface area contributed by atoms with E-state index in [2.05, 4.69) is 20.7 Å². The van der Waals surface area contributed by atoms with Crippen LogP contribution in [0.15, 0.2) is 17.4 Å². The summed E-state index contributed by atoms with van der Waals surface area (Å²) in [6.45, 7) is 6.26. The molecule has 1 atom stereocenters. The third-order valence-electron chi connectivity index (χ3n) is 3.03. The first kappa shape index (κ1) is 17.5. The quantitative estimate of drug-likeness (QED) is 0.363. The molecule has 120 valence electrons. The minimum Gasteiger partial charge on any atom is -0.385 e. The van der Waals surface area contributed by atoms with Gasteiger partial charge in [0.15, 0.2) is 5.96 Å². The standard InChI is InChI=1S/C14H27N5O2/c1-5-15-13(16-7-6-8-21-4)17-11-14(2,20)12-9-18-19(3)10-12/h9-10,20H,5-8,11H2,1-4H3,(H2,15,16,17). The van der Waals surface area contributed by atoms with Crippen LogP contribution in [0.3, 0.4) is 0 Å². The Balaban J connectivity index is 2.59. The number of aryl methyl sites for hydroxylation is 1. The second kappa shape index (κ2) is 8.63. The lowest BCUT2D eigenvalue weighted by Gasteiger charge is -2.20. The fraction of sp³-hybridized carbons (Fsp3) is 0.714. The molecule has 1 aromatic rings. The maximum absolute atomic E-state index is 10.5. The van der Waals surface area contributed by atoms with Gasteiger partial charge in [0.2, 0.25) is 0 Å². The number of nitrogens with one attached hydrogen (secondary N) is 2. The third kappa shape index (κ3) is 6.14. The highest BCUT2D eigenvalue weighted by Gasteiger charge is 2.24. The molecule has 3 N–H and O–H groups in total. The van der Waals surface area contributed by atoms with Crippen LogP contribution in [0.25, 0.3) is 0 Å². The van der Waals surface area contributed by atoms with Crippen molar-refractivity contribution >= 4 is 5.96 Å². The Morgan fingerprint density at radius 1 is 1.52 bits per heavy atom. The van der Waals surface area contributed by atoms with E-state index in [0.29, 0.717) is 12.6 Å². The molecule has 0 aliphatic heterocycles. The minimum atomic E-state index is -1.04. The van der Waals surface area contributed by atoms with Crippen molar-refractivity contribution in [2.75, 3.05) is 33.4 Å². The van der Waals surface area contributed by atoms with E-state index in [1.165, 1.54) is 0 Å². The average molecular weight is 297 g/mol. The van der Waals surface area contributed by atoms with Gasteiger partial charge in [-0.15, -0.1) is 0 Å². The van der Waals surface area contributed by atoms with Crippen molar-refractivity contribution in [2.24, 2.45) is 12.0 Å². The van der Waals surface area contributed by atoms with Gasteiger partial charge in [-0.25, -0.2) is 4.99 Å². The molecule has 21 heavy (non-hydrogen) atoms. The number of aliphatic hydroxyl groups is 1. The van der Waals surface area contributed by atoms with Crippen molar-refractivity contribution in [3.8, 4) is 0 Å². The zero-order valence-electron chi connectivity index (χ0n) is 13.4. The Kier molecular flexibility index (Phi) is 7.18. The van der Waals surface area contributed by atoms with E-state index in [9.17, 15) is 5.11 Å². The molecule has 0 aliphatic carbocycles. The van der Waals surface area contributed by atoms with Crippen LogP contribution >= 0.6 is 0 Å². The molecular formula is C14H27N5O2. The van der Waals surface area contributed by atoms with Gasteiger partial charge in [0.25, 0.3) is 0 Å². The molecule has 1 unspecified atom stereocenters. The molecule has 0 fully saturated rings. The van der Waals surface area contributed by atoms with Crippen molar-refractivity contribution in [3.63, 3.8) is 0 Å². The van der Waals surface area contributed by atoms with Gasteiger partial charge in [-0.2, -0.15) is 5.10 Å². The van der Waals surface area contributed by atoms with E-state index in [1.807, 2.05) is 14.0 Å². The molecule has 0 saturated carbocycles. The van der Waals surface area contributed by atoms with Gasteiger partial charge in [0, 0.05) is 45.6 Å². The molecular weight excluding hydrogens is 270 g/mol. The van der Waals surface area contributed by atoms with Crippen LogP contribution in [-0.4, -0.2) is 54.2 Å². The van der Waals surface area contributed by atoms with Crippen LogP contribution in [-0.2, 0) is 17.4 Å². The second-order valence-corrected chi connectivity index (χ2v) is 5.14. The van der Waals surface area contributed by atoms with Crippen LogP contribution in [0.1, 0.15) is 25.8 Å². The van der Waals surface area contributed by atoms with Crippen molar-refractivity contribution in [3.05, 3.63) is 18.0 Å². The first-order valence-corrected chi connectivity index (χ1v) is 7.22. The molecule has 0 saturated heterocycles. The van der Waals surface area contributed by atoms with Gasteiger partial charge >= 0.3 is 0 Å². The first-order valence-electron chi connectivity index (χ1n) is 7.22. The maximum atomic E-state index is 10.5. The Morgan fingerprint density at radius 2 is 2.29 bits per heavy atom. The first-order chi connectivity index (χ1) is 9.99. The summed E-state index contributed by atoms with van der Waals surface area (Å²) in [5.41, 5.74) is -0.285. The minimum absolute atomic E-state index is 0.262. The highest BCUT2D eigenvalue weighted by molar-refractivity contribution is 5.79. The lowest BCUT2D eigenvalue weighted by atomic mass is 10.0. The number of nitrogens with zero attached hydrogens (tertiary/aromatic N) is 3. The predicted octanol–water partition coefficient (Wildman–Crippen LogP) is 0.219. The maximum Gasteiger partial charge on any atom is 0.191 e. The number of aromatic nitrogens is 2. The SMILES string of the molecule is CCNC(=NCC(C)(O)c1cnn(C)c1)NCCCOC. The predicted molar refractivity (Wildman–Crippen MR) is 83.3 cm³/mol. The summed E-state index contributed by atoms with van der Waals surface area (Å²) in [6, 6.07) is 0. The number of methoxy groups -OCH3 is 1.